The molecule has 0 aliphatic heterocycles. The first-order valence-electron chi connectivity index (χ1n) is 5.63. The van der Waals surface area contributed by atoms with Crippen LogP contribution in [0.2, 0.25) is 0 Å². The van der Waals surface area contributed by atoms with E-state index in [1.807, 2.05) is 7.05 Å². The summed E-state index contributed by atoms with van der Waals surface area (Å²) in [6, 6.07) is 8.55. The normalized spacial score (nSPS) is 11.5. The van der Waals surface area contributed by atoms with E-state index in [2.05, 4.69) is 60.6 Å². The summed E-state index contributed by atoms with van der Waals surface area (Å²) in [4.78, 5) is 0. The van der Waals surface area contributed by atoms with Crippen molar-refractivity contribution in [1.82, 2.24) is 10.2 Å². The van der Waals surface area contributed by atoms with Crippen molar-refractivity contribution < 1.29 is 0 Å². The third-order valence-corrected chi connectivity index (χ3v) is 3.63. The number of anilines is 1. The lowest BCUT2D eigenvalue weighted by Gasteiger charge is -2.18. The lowest BCUT2D eigenvalue weighted by molar-refractivity contribution is 0.590. The van der Waals surface area contributed by atoms with Crippen LogP contribution in [-0.4, -0.2) is 17.2 Å². The highest BCUT2D eigenvalue weighted by Crippen LogP contribution is 2.28. The van der Waals surface area contributed by atoms with Gasteiger partial charge in [0.1, 0.15) is 5.01 Å². The Balaban J connectivity index is 2.29. The van der Waals surface area contributed by atoms with E-state index < -0.39 is 0 Å². The first kappa shape index (κ1) is 12.0. The van der Waals surface area contributed by atoms with Crippen molar-refractivity contribution in [1.29, 1.82) is 0 Å². The molecule has 4 heteroatoms. The van der Waals surface area contributed by atoms with Gasteiger partial charge < -0.3 is 5.32 Å². The van der Waals surface area contributed by atoms with Crippen molar-refractivity contribution in [2.75, 3.05) is 12.4 Å². The van der Waals surface area contributed by atoms with Crippen molar-refractivity contribution in [2.24, 2.45) is 0 Å². The largest absolute Gasteiger partial charge is 0.363 e. The molecule has 0 atom stereocenters. The molecule has 1 N–H and O–H groups in total. The summed E-state index contributed by atoms with van der Waals surface area (Å²) in [7, 11) is 1.85. The topological polar surface area (TPSA) is 37.8 Å². The minimum atomic E-state index is 0.190. The molecule has 0 spiro atoms. The maximum absolute atomic E-state index is 4.16. The summed E-state index contributed by atoms with van der Waals surface area (Å²) in [5.41, 5.74) is 2.65. The quantitative estimate of drug-likeness (QED) is 0.882. The number of benzene rings is 1. The Morgan fingerprint density at radius 1 is 1.06 bits per heavy atom. The summed E-state index contributed by atoms with van der Waals surface area (Å²) in [5.74, 6) is 0. The van der Waals surface area contributed by atoms with Crippen molar-refractivity contribution in [3.63, 3.8) is 0 Å². The van der Waals surface area contributed by atoms with E-state index in [0.717, 1.165) is 15.7 Å². The fourth-order valence-electron chi connectivity index (χ4n) is 1.55. The summed E-state index contributed by atoms with van der Waals surface area (Å²) >= 11 is 1.57. The Morgan fingerprint density at radius 3 is 2.18 bits per heavy atom. The molecule has 90 valence electrons. The molecule has 0 saturated heterocycles. The minimum Gasteiger partial charge on any atom is -0.363 e. The first-order chi connectivity index (χ1) is 8.00. The lowest BCUT2D eigenvalue weighted by Crippen LogP contribution is -2.10. The van der Waals surface area contributed by atoms with E-state index in [1.165, 1.54) is 5.56 Å². The summed E-state index contributed by atoms with van der Waals surface area (Å²) < 4.78 is 0. The van der Waals surface area contributed by atoms with E-state index in [4.69, 9.17) is 0 Å². The fraction of sp³-hybridized carbons (Fsp3) is 0.385. The molecule has 1 aromatic carbocycles. The zero-order valence-electron chi connectivity index (χ0n) is 10.6. The molecule has 3 nitrogen and oxygen atoms in total. The van der Waals surface area contributed by atoms with E-state index in [-0.39, 0.29) is 5.41 Å². The Bertz CT molecular complexity index is 494. The van der Waals surface area contributed by atoms with Crippen LogP contribution < -0.4 is 5.32 Å². The molecule has 0 amide bonds. The van der Waals surface area contributed by atoms with Crippen molar-refractivity contribution in [3.05, 3.63) is 29.8 Å². The summed E-state index contributed by atoms with van der Waals surface area (Å²) in [6.45, 7) is 6.64. The lowest BCUT2D eigenvalue weighted by atomic mass is 9.87. The van der Waals surface area contributed by atoms with Crippen LogP contribution in [0.1, 0.15) is 26.3 Å². The van der Waals surface area contributed by atoms with Gasteiger partial charge in [-0.3, -0.25) is 0 Å². The molecule has 0 unspecified atom stereocenters. The molecule has 1 aromatic heterocycles. The molecular weight excluding hydrogens is 230 g/mol. The highest BCUT2D eigenvalue weighted by atomic mass is 32.1. The molecule has 1 heterocycles. The van der Waals surface area contributed by atoms with Crippen LogP contribution in [0, 0.1) is 0 Å². The van der Waals surface area contributed by atoms with Gasteiger partial charge in [-0.15, -0.1) is 10.2 Å². The maximum Gasteiger partial charge on any atom is 0.205 e. The Kier molecular flexibility index (Phi) is 3.15. The van der Waals surface area contributed by atoms with E-state index in [1.54, 1.807) is 11.3 Å². The standard InChI is InChI=1S/C13H17N3S/c1-13(2,3)10-7-5-9(6-8-10)11-15-16-12(14-4)17-11/h5-8H,1-4H3,(H,14,16). The molecule has 0 saturated carbocycles. The monoisotopic (exact) mass is 247 g/mol. The fourth-order valence-corrected chi connectivity index (χ4v) is 2.26. The first-order valence-corrected chi connectivity index (χ1v) is 6.44. The average molecular weight is 247 g/mol. The molecule has 0 aliphatic carbocycles. The zero-order chi connectivity index (χ0) is 12.5. The molecule has 17 heavy (non-hydrogen) atoms. The van der Waals surface area contributed by atoms with Crippen LogP contribution in [0.3, 0.4) is 0 Å². The van der Waals surface area contributed by atoms with Gasteiger partial charge in [-0.25, -0.2) is 0 Å². The SMILES string of the molecule is CNc1nnc(-c2ccc(C(C)(C)C)cc2)s1. The number of aromatic nitrogens is 2. The van der Waals surface area contributed by atoms with Gasteiger partial charge in [-0.1, -0.05) is 56.4 Å². The smallest absolute Gasteiger partial charge is 0.205 e. The highest BCUT2D eigenvalue weighted by Gasteiger charge is 2.13. The van der Waals surface area contributed by atoms with Gasteiger partial charge in [-0.2, -0.15) is 0 Å². The summed E-state index contributed by atoms with van der Waals surface area (Å²) in [6.07, 6.45) is 0. The van der Waals surface area contributed by atoms with Crippen molar-refractivity contribution in [2.45, 2.75) is 26.2 Å². The van der Waals surface area contributed by atoms with E-state index >= 15 is 0 Å². The molecule has 0 bridgehead atoms. The van der Waals surface area contributed by atoms with Crippen LogP contribution in [0.5, 0.6) is 0 Å². The second kappa shape index (κ2) is 4.45. The molecular formula is C13H17N3S. The van der Waals surface area contributed by atoms with Gasteiger partial charge in [0, 0.05) is 12.6 Å². The van der Waals surface area contributed by atoms with Crippen molar-refractivity contribution >= 4 is 16.5 Å². The van der Waals surface area contributed by atoms with Crippen molar-refractivity contribution in [3.8, 4) is 10.6 Å². The van der Waals surface area contributed by atoms with Gasteiger partial charge >= 0.3 is 0 Å². The number of nitrogens with one attached hydrogen (secondary N) is 1. The Morgan fingerprint density at radius 2 is 1.71 bits per heavy atom. The van der Waals surface area contributed by atoms with Crippen LogP contribution in [0.25, 0.3) is 10.6 Å². The van der Waals surface area contributed by atoms with Crippen LogP contribution in [0.4, 0.5) is 5.13 Å². The van der Waals surface area contributed by atoms with Crippen LogP contribution in [0.15, 0.2) is 24.3 Å². The van der Waals surface area contributed by atoms with Gasteiger partial charge in [0.15, 0.2) is 0 Å². The molecule has 0 radical (unpaired) electrons. The number of rotatable bonds is 2. The predicted octanol–water partition coefficient (Wildman–Crippen LogP) is 3.54. The van der Waals surface area contributed by atoms with Crippen LogP contribution in [-0.2, 0) is 5.41 Å². The summed E-state index contributed by atoms with van der Waals surface area (Å²) in [5, 5.41) is 13.0. The minimum absolute atomic E-state index is 0.190. The van der Waals surface area contributed by atoms with E-state index in [9.17, 15) is 0 Å². The maximum atomic E-state index is 4.16. The third kappa shape index (κ3) is 2.64. The van der Waals surface area contributed by atoms with Gasteiger partial charge in [0.05, 0.1) is 0 Å². The second-order valence-electron chi connectivity index (χ2n) is 4.99. The molecule has 0 aliphatic rings. The Hall–Kier alpha value is -1.42. The number of hydrogen-bond acceptors (Lipinski definition) is 4. The van der Waals surface area contributed by atoms with Crippen LogP contribution >= 0.6 is 11.3 Å². The molecule has 2 rings (SSSR count). The highest BCUT2D eigenvalue weighted by molar-refractivity contribution is 7.18. The number of nitrogens with zero attached hydrogens (tertiary/aromatic N) is 2. The van der Waals surface area contributed by atoms with Gasteiger partial charge in [0.25, 0.3) is 0 Å². The predicted molar refractivity (Wildman–Crippen MR) is 73.6 cm³/mol. The molecule has 0 fully saturated rings. The van der Waals surface area contributed by atoms with E-state index in [0.29, 0.717) is 0 Å². The van der Waals surface area contributed by atoms with Gasteiger partial charge in [0.2, 0.25) is 5.13 Å². The Labute approximate surface area is 106 Å². The number of hydrogen-bond donors (Lipinski definition) is 1. The van der Waals surface area contributed by atoms with Gasteiger partial charge in [-0.05, 0) is 11.0 Å². The second-order valence-corrected chi connectivity index (χ2v) is 5.97. The zero-order valence-corrected chi connectivity index (χ0v) is 11.4. The average Bonchev–Trinajstić information content (AvgIpc) is 2.76. The third-order valence-electron chi connectivity index (χ3n) is 2.64. The molecule has 2 aromatic rings.